The van der Waals surface area contributed by atoms with E-state index in [9.17, 15) is 4.79 Å². The molecule has 3 heterocycles. The molecule has 150 valence electrons. The summed E-state index contributed by atoms with van der Waals surface area (Å²) in [4.78, 5) is 18.7. The van der Waals surface area contributed by atoms with Crippen LogP contribution in [0.4, 0.5) is 0 Å². The van der Waals surface area contributed by atoms with Crippen molar-refractivity contribution in [1.29, 1.82) is 0 Å². The first kappa shape index (κ1) is 19.3. The highest BCUT2D eigenvalue weighted by Gasteiger charge is 2.21. The average molecular weight is 390 g/mol. The molecule has 6 nitrogen and oxygen atoms in total. The lowest BCUT2D eigenvalue weighted by atomic mass is 9.90. The molecule has 1 fully saturated rings. The Kier molecular flexibility index (Phi) is 6.32. The molecular weight excluding hydrogens is 364 g/mol. The second kappa shape index (κ2) is 9.47. The molecule has 3 aromatic rings. The van der Waals surface area contributed by atoms with Crippen LogP contribution in [-0.4, -0.2) is 34.0 Å². The Balaban J connectivity index is 1.23. The molecule has 1 aliphatic rings. The number of hydrogen-bond donors (Lipinski definition) is 1. The number of hydrogen-bond acceptors (Lipinski definition) is 5. The van der Waals surface area contributed by atoms with Gasteiger partial charge in [0.15, 0.2) is 11.5 Å². The van der Waals surface area contributed by atoms with Crippen molar-refractivity contribution in [1.82, 2.24) is 20.4 Å². The number of benzene rings is 1. The summed E-state index contributed by atoms with van der Waals surface area (Å²) in [6.45, 7) is 3.20. The third-order valence-electron chi connectivity index (χ3n) is 5.42. The van der Waals surface area contributed by atoms with Gasteiger partial charge in [0.05, 0.1) is 6.54 Å². The summed E-state index contributed by atoms with van der Waals surface area (Å²) in [6, 6.07) is 16.2. The number of likely N-dealkylation sites (tertiary alicyclic amines) is 1. The Hall–Kier alpha value is -2.99. The standard InChI is InChI=1S/C23H26N4O2/c28-23(25-16-20-7-4-10-24-15-20)22-14-21(29-26-22)17-27-11-8-19(9-12-27)13-18-5-2-1-3-6-18/h1-7,10,14-15,19H,8-9,11-13,16-17H2,(H,25,28). The first-order chi connectivity index (χ1) is 14.3. The second-order valence-corrected chi connectivity index (χ2v) is 7.63. The fourth-order valence-corrected chi connectivity index (χ4v) is 3.79. The zero-order valence-corrected chi connectivity index (χ0v) is 16.5. The number of pyridine rings is 1. The van der Waals surface area contributed by atoms with Crippen LogP contribution in [0.2, 0.25) is 0 Å². The van der Waals surface area contributed by atoms with Crippen LogP contribution in [0.5, 0.6) is 0 Å². The number of nitrogens with one attached hydrogen (secondary N) is 1. The van der Waals surface area contributed by atoms with Crippen LogP contribution in [0.3, 0.4) is 0 Å². The van der Waals surface area contributed by atoms with E-state index in [1.165, 1.54) is 18.4 Å². The van der Waals surface area contributed by atoms with Crippen LogP contribution in [0.15, 0.2) is 65.4 Å². The number of amides is 1. The molecule has 0 unspecified atom stereocenters. The SMILES string of the molecule is O=C(NCc1cccnc1)c1cc(CN2CCC(Cc3ccccc3)CC2)on1. The summed E-state index contributed by atoms with van der Waals surface area (Å²) in [7, 11) is 0. The normalized spacial score (nSPS) is 15.3. The molecule has 1 amide bonds. The minimum Gasteiger partial charge on any atom is -0.359 e. The van der Waals surface area contributed by atoms with E-state index in [0.29, 0.717) is 18.8 Å². The van der Waals surface area contributed by atoms with Gasteiger partial charge in [0, 0.05) is 25.0 Å². The molecule has 29 heavy (non-hydrogen) atoms. The second-order valence-electron chi connectivity index (χ2n) is 7.63. The number of piperidine rings is 1. The number of nitrogens with zero attached hydrogens (tertiary/aromatic N) is 3. The fourth-order valence-electron chi connectivity index (χ4n) is 3.79. The van der Waals surface area contributed by atoms with E-state index in [2.05, 4.69) is 50.7 Å². The van der Waals surface area contributed by atoms with Gasteiger partial charge in [0.1, 0.15) is 0 Å². The topological polar surface area (TPSA) is 71.3 Å². The summed E-state index contributed by atoms with van der Waals surface area (Å²) in [5, 5.41) is 6.78. The fraction of sp³-hybridized carbons (Fsp3) is 0.348. The molecular formula is C23H26N4O2. The smallest absolute Gasteiger partial charge is 0.273 e. The Morgan fingerprint density at radius 2 is 1.90 bits per heavy atom. The summed E-state index contributed by atoms with van der Waals surface area (Å²) >= 11 is 0. The Morgan fingerprint density at radius 1 is 1.10 bits per heavy atom. The average Bonchev–Trinajstić information content (AvgIpc) is 3.23. The van der Waals surface area contributed by atoms with Crippen LogP contribution in [0.1, 0.15) is 40.2 Å². The molecule has 0 saturated carbocycles. The van der Waals surface area contributed by atoms with Crippen LogP contribution in [-0.2, 0) is 19.5 Å². The highest BCUT2D eigenvalue weighted by atomic mass is 16.5. The third-order valence-corrected chi connectivity index (χ3v) is 5.42. The van der Waals surface area contributed by atoms with Gasteiger partial charge in [-0.25, -0.2) is 0 Å². The molecule has 0 bridgehead atoms. The van der Waals surface area contributed by atoms with Crippen molar-refractivity contribution in [3.8, 4) is 0 Å². The molecule has 6 heteroatoms. The van der Waals surface area contributed by atoms with Crippen LogP contribution in [0.25, 0.3) is 0 Å². The molecule has 0 spiro atoms. The Morgan fingerprint density at radius 3 is 2.66 bits per heavy atom. The quantitative estimate of drug-likeness (QED) is 0.669. The van der Waals surface area contributed by atoms with E-state index in [1.54, 1.807) is 18.5 Å². The number of aromatic nitrogens is 2. The summed E-state index contributed by atoms with van der Waals surface area (Å²) < 4.78 is 5.40. The minimum atomic E-state index is -0.231. The molecule has 1 aromatic carbocycles. The van der Waals surface area contributed by atoms with Crippen molar-refractivity contribution in [2.24, 2.45) is 5.92 Å². The summed E-state index contributed by atoms with van der Waals surface area (Å²) in [5.74, 6) is 1.24. The zero-order valence-electron chi connectivity index (χ0n) is 16.5. The Labute approximate surface area is 170 Å². The molecule has 1 N–H and O–H groups in total. The maximum Gasteiger partial charge on any atom is 0.273 e. The van der Waals surface area contributed by atoms with Gasteiger partial charge in [0.2, 0.25) is 0 Å². The van der Waals surface area contributed by atoms with Crippen LogP contribution >= 0.6 is 0 Å². The van der Waals surface area contributed by atoms with Gasteiger partial charge in [0.25, 0.3) is 5.91 Å². The molecule has 0 aliphatic carbocycles. The van der Waals surface area contributed by atoms with E-state index < -0.39 is 0 Å². The van der Waals surface area contributed by atoms with Gasteiger partial charge >= 0.3 is 0 Å². The molecule has 1 aliphatic heterocycles. The van der Waals surface area contributed by atoms with Gasteiger partial charge in [-0.2, -0.15) is 0 Å². The molecule has 1 saturated heterocycles. The lowest BCUT2D eigenvalue weighted by Gasteiger charge is -2.31. The largest absolute Gasteiger partial charge is 0.359 e. The molecule has 4 rings (SSSR count). The molecule has 2 aromatic heterocycles. The monoisotopic (exact) mass is 390 g/mol. The maximum absolute atomic E-state index is 12.3. The van der Waals surface area contributed by atoms with Crippen molar-refractivity contribution < 1.29 is 9.32 Å². The Bertz CT molecular complexity index is 903. The van der Waals surface area contributed by atoms with Crippen molar-refractivity contribution in [3.63, 3.8) is 0 Å². The zero-order chi connectivity index (χ0) is 19.9. The lowest BCUT2D eigenvalue weighted by molar-refractivity contribution is 0.0941. The minimum absolute atomic E-state index is 0.231. The van der Waals surface area contributed by atoms with Gasteiger partial charge in [-0.05, 0) is 55.5 Å². The summed E-state index contributed by atoms with van der Waals surface area (Å²) in [6.07, 6.45) is 6.96. The van der Waals surface area contributed by atoms with E-state index in [-0.39, 0.29) is 5.91 Å². The first-order valence-corrected chi connectivity index (χ1v) is 10.2. The number of carbonyl (C=O) groups excluding carboxylic acids is 1. The van der Waals surface area contributed by atoms with Crippen LogP contribution < -0.4 is 5.32 Å². The van der Waals surface area contributed by atoms with Crippen molar-refractivity contribution in [2.75, 3.05) is 13.1 Å². The lowest BCUT2D eigenvalue weighted by Crippen LogP contribution is -2.33. The van der Waals surface area contributed by atoms with E-state index in [1.807, 2.05) is 12.1 Å². The van der Waals surface area contributed by atoms with Gasteiger partial charge in [-0.3, -0.25) is 14.7 Å². The number of carbonyl (C=O) groups is 1. The van der Waals surface area contributed by atoms with Crippen molar-refractivity contribution in [2.45, 2.75) is 32.4 Å². The van der Waals surface area contributed by atoms with Crippen molar-refractivity contribution in [3.05, 3.63) is 83.5 Å². The predicted molar refractivity (Wildman–Crippen MR) is 110 cm³/mol. The highest BCUT2D eigenvalue weighted by molar-refractivity contribution is 5.92. The van der Waals surface area contributed by atoms with Crippen LogP contribution in [0, 0.1) is 5.92 Å². The van der Waals surface area contributed by atoms with E-state index in [0.717, 1.165) is 36.8 Å². The first-order valence-electron chi connectivity index (χ1n) is 10.2. The predicted octanol–water partition coefficient (Wildman–Crippen LogP) is 3.45. The molecule has 0 atom stereocenters. The van der Waals surface area contributed by atoms with Gasteiger partial charge in [-0.1, -0.05) is 41.6 Å². The number of rotatable bonds is 7. The van der Waals surface area contributed by atoms with E-state index in [4.69, 9.17) is 4.52 Å². The van der Waals surface area contributed by atoms with Crippen molar-refractivity contribution >= 4 is 5.91 Å². The highest BCUT2D eigenvalue weighted by Crippen LogP contribution is 2.23. The third kappa shape index (κ3) is 5.51. The maximum atomic E-state index is 12.3. The van der Waals surface area contributed by atoms with Gasteiger partial charge in [-0.15, -0.1) is 0 Å². The van der Waals surface area contributed by atoms with E-state index >= 15 is 0 Å². The summed E-state index contributed by atoms with van der Waals surface area (Å²) in [5.41, 5.74) is 2.69. The molecule has 0 radical (unpaired) electrons. The van der Waals surface area contributed by atoms with Gasteiger partial charge < -0.3 is 9.84 Å².